The molecule has 0 saturated heterocycles. The quantitative estimate of drug-likeness (QED) is 0.163. The molecule has 32 heavy (non-hydrogen) atoms. The minimum absolute atomic E-state index is 0.000896. The molecule has 0 saturated carbocycles. The molecule has 0 N–H and O–H groups in total. The molecular weight excluding hydrogens is 436 g/mol. The molecule has 1 heterocycles. The first-order valence-corrected chi connectivity index (χ1v) is 15.2. The summed E-state index contributed by atoms with van der Waals surface area (Å²) in [7, 11) is -1.71. The SMILES string of the molecule is Cc1cc2cc(C(=O)CCC(=O)OC(C)(C)C)sc2cc1CCCO[Si](C)(C)C(C)(C)C. The summed E-state index contributed by atoms with van der Waals surface area (Å²) in [5, 5.41) is 1.32. The molecule has 2 rings (SSSR count). The van der Waals surface area contributed by atoms with Crippen LogP contribution in [0.3, 0.4) is 0 Å². The molecule has 2 aromatic rings. The molecule has 4 nitrogen and oxygen atoms in total. The fraction of sp³-hybridized carbons (Fsp3) is 0.615. The van der Waals surface area contributed by atoms with Crippen molar-refractivity contribution in [3.8, 4) is 0 Å². The number of aryl methyl sites for hydroxylation is 2. The molecule has 1 aromatic heterocycles. The van der Waals surface area contributed by atoms with Crippen LogP contribution < -0.4 is 0 Å². The molecule has 1 aromatic carbocycles. The normalized spacial score (nSPS) is 12.9. The number of fused-ring (bicyclic) bond motifs is 1. The van der Waals surface area contributed by atoms with Crippen LogP contribution in [-0.4, -0.2) is 32.3 Å². The van der Waals surface area contributed by atoms with Gasteiger partial charge < -0.3 is 9.16 Å². The van der Waals surface area contributed by atoms with Gasteiger partial charge in [0.2, 0.25) is 0 Å². The minimum atomic E-state index is -1.71. The summed E-state index contributed by atoms with van der Waals surface area (Å²) in [5.74, 6) is -0.330. The van der Waals surface area contributed by atoms with Crippen molar-refractivity contribution >= 4 is 41.5 Å². The van der Waals surface area contributed by atoms with Crippen molar-refractivity contribution in [3.63, 3.8) is 0 Å². The van der Waals surface area contributed by atoms with Crippen LogP contribution in [0.15, 0.2) is 18.2 Å². The molecule has 0 aliphatic rings. The largest absolute Gasteiger partial charge is 0.460 e. The Balaban J connectivity index is 1.99. The maximum absolute atomic E-state index is 12.6. The zero-order valence-corrected chi connectivity index (χ0v) is 23.1. The summed E-state index contributed by atoms with van der Waals surface area (Å²) in [6, 6.07) is 6.33. The maximum Gasteiger partial charge on any atom is 0.306 e. The van der Waals surface area contributed by atoms with Gasteiger partial charge in [-0.05, 0) is 87.3 Å². The van der Waals surface area contributed by atoms with Gasteiger partial charge in [0.15, 0.2) is 14.1 Å². The van der Waals surface area contributed by atoms with Crippen LogP contribution in [0.1, 0.15) is 81.6 Å². The van der Waals surface area contributed by atoms with Gasteiger partial charge >= 0.3 is 5.97 Å². The number of esters is 1. The topological polar surface area (TPSA) is 52.6 Å². The Morgan fingerprint density at radius 2 is 1.66 bits per heavy atom. The van der Waals surface area contributed by atoms with Crippen LogP contribution in [0.25, 0.3) is 10.1 Å². The van der Waals surface area contributed by atoms with E-state index in [0.717, 1.165) is 29.5 Å². The van der Waals surface area contributed by atoms with E-state index in [4.69, 9.17) is 9.16 Å². The number of benzene rings is 1. The summed E-state index contributed by atoms with van der Waals surface area (Å²) in [6.07, 6.45) is 2.25. The van der Waals surface area contributed by atoms with E-state index in [-0.39, 0.29) is 29.6 Å². The maximum atomic E-state index is 12.6. The molecule has 0 amide bonds. The van der Waals surface area contributed by atoms with Gasteiger partial charge in [-0.1, -0.05) is 26.8 Å². The van der Waals surface area contributed by atoms with E-state index in [1.165, 1.54) is 22.5 Å². The molecule has 0 fully saturated rings. The molecule has 0 atom stereocenters. The number of hydrogen-bond acceptors (Lipinski definition) is 5. The highest BCUT2D eigenvalue weighted by Crippen LogP contribution is 2.36. The van der Waals surface area contributed by atoms with E-state index >= 15 is 0 Å². The standard InChI is InChI=1S/C26H40O4SSi/c1-18-15-20-17-23(21(27)12-13-24(28)30-25(2,3)4)31-22(20)16-19(18)11-10-14-29-32(8,9)26(5,6)7/h15-17H,10-14H2,1-9H3. The van der Waals surface area contributed by atoms with Gasteiger partial charge in [-0.2, -0.15) is 0 Å². The minimum Gasteiger partial charge on any atom is -0.460 e. The summed E-state index contributed by atoms with van der Waals surface area (Å²) in [4.78, 5) is 25.3. The molecular formula is C26H40O4SSi. The van der Waals surface area contributed by atoms with E-state index in [1.807, 2.05) is 26.8 Å². The number of hydrogen-bond donors (Lipinski definition) is 0. The Bertz CT molecular complexity index is 961. The van der Waals surface area contributed by atoms with Crippen LogP contribution in [-0.2, 0) is 20.4 Å². The van der Waals surface area contributed by atoms with Crippen molar-refractivity contribution in [1.82, 2.24) is 0 Å². The van der Waals surface area contributed by atoms with E-state index in [1.54, 1.807) is 0 Å². The van der Waals surface area contributed by atoms with Crippen molar-refractivity contribution in [1.29, 1.82) is 0 Å². The Hall–Kier alpha value is -1.50. The second-order valence-electron chi connectivity index (χ2n) is 11.1. The number of rotatable bonds is 9. The first-order valence-electron chi connectivity index (χ1n) is 11.5. The van der Waals surface area contributed by atoms with Crippen LogP contribution in [0.2, 0.25) is 18.1 Å². The fourth-order valence-corrected chi connectivity index (χ4v) is 5.35. The van der Waals surface area contributed by atoms with Crippen LogP contribution >= 0.6 is 11.3 Å². The van der Waals surface area contributed by atoms with Crippen LogP contribution in [0.5, 0.6) is 0 Å². The predicted octanol–water partition coefficient (Wildman–Crippen LogP) is 7.47. The number of ether oxygens (including phenoxy) is 1. The summed E-state index contributed by atoms with van der Waals surface area (Å²) < 4.78 is 12.7. The van der Waals surface area contributed by atoms with Gasteiger partial charge in [-0.25, -0.2) is 0 Å². The van der Waals surface area contributed by atoms with E-state index in [9.17, 15) is 9.59 Å². The lowest BCUT2D eigenvalue weighted by atomic mass is 10.0. The molecule has 0 unspecified atom stereocenters. The molecule has 6 heteroatoms. The highest BCUT2D eigenvalue weighted by Gasteiger charge is 2.36. The number of carbonyl (C=O) groups excluding carboxylic acids is 2. The summed E-state index contributed by atoms with van der Waals surface area (Å²) in [5.41, 5.74) is 2.03. The van der Waals surface area contributed by atoms with Gasteiger partial charge in [0.05, 0.1) is 11.3 Å². The fourth-order valence-electron chi connectivity index (χ4n) is 3.19. The number of thiophene rings is 1. The van der Waals surface area contributed by atoms with Gasteiger partial charge in [0, 0.05) is 17.7 Å². The van der Waals surface area contributed by atoms with Crippen molar-refractivity contribution in [2.24, 2.45) is 0 Å². The highest BCUT2D eigenvalue weighted by molar-refractivity contribution is 7.20. The zero-order chi connectivity index (χ0) is 24.3. The second kappa shape index (κ2) is 10.2. The Kier molecular flexibility index (Phi) is 8.51. The van der Waals surface area contributed by atoms with Gasteiger partial charge in [0.1, 0.15) is 5.60 Å². The lowest BCUT2D eigenvalue weighted by Crippen LogP contribution is -2.41. The third kappa shape index (κ3) is 7.53. The van der Waals surface area contributed by atoms with E-state index in [0.29, 0.717) is 4.88 Å². The lowest BCUT2D eigenvalue weighted by molar-refractivity contribution is -0.154. The van der Waals surface area contributed by atoms with Crippen molar-refractivity contribution < 1.29 is 18.8 Å². The summed E-state index contributed by atoms with van der Waals surface area (Å²) >= 11 is 1.51. The first-order chi connectivity index (χ1) is 14.6. The molecule has 0 radical (unpaired) electrons. The Morgan fingerprint density at radius 1 is 1.00 bits per heavy atom. The van der Waals surface area contributed by atoms with Crippen LogP contribution in [0.4, 0.5) is 0 Å². The van der Waals surface area contributed by atoms with Crippen LogP contribution in [0, 0.1) is 6.92 Å². The van der Waals surface area contributed by atoms with Gasteiger partial charge in [-0.15, -0.1) is 11.3 Å². The van der Waals surface area contributed by atoms with E-state index < -0.39 is 13.9 Å². The Labute approximate surface area is 198 Å². The molecule has 0 spiro atoms. The van der Waals surface area contributed by atoms with Crippen molar-refractivity contribution in [2.75, 3.05) is 6.61 Å². The van der Waals surface area contributed by atoms with Gasteiger partial charge in [0.25, 0.3) is 0 Å². The average Bonchev–Trinajstić information content (AvgIpc) is 3.03. The Morgan fingerprint density at radius 3 is 2.25 bits per heavy atom. The molecule has 0 bridgehead atoms. The second-order valence-corrected chi connectivity index (χ2v) is 17.0. The number of carbonyl (C=O) groups is 2. The average molecular weight is 477 g/mol. The molecule has 0 aliphatic heterocycles. The zero-order valence-electron chi connectivity index (χ0n) is 21.3. The predicted molar refractivity (Wildman–Crippen MR) is 137 cm³/mol. The molecule has 178 valence electrons. The first kappa shape index (κ1) is 26.7. The van der Waals surface area contributed by atoms with Gasteiger partial charge in [-0.3, -0.25) is 9.59 Å². The summed E-state index contributed by atoms with van der Waals surface area (Å²) in [6.45, 7) is 19.8. The van der Waals surface area contributed by atoms with Crippen molar-refractivity contribution in [3.05, 3.63) is 34.2 Å². The number of ketones is 1. The smallest absolute Gasteiger partial charge is 0.306 e. The molecule has 0 aliphatic carbocycles. The lowest BCUT2D eigenvalue weighted by Gasteiger charge is -2.36. The third-order valence-electron chi connectivity index (χ3n) is 6.09. The highest BCUT2D eigenvalue weighted by atomic mass is 32.1. The van der Waals surface area contributed by atoms with E-state index in [2.05, 4.69) is 52.9 Å². The number of Topliss-reactive ketones (excluding diaryl/α,β-unsaturated/α-hetero) is 1. The third-order valence-corrected chi connectivity index (χ3v) is 11.8. The monoisotopic (exact) mass is 476 g/mol. The van der Waals surface area contributed by atoms with Crippen molar-refractivity contribution in [2.45, 2.75) is 97.9 Å².